The predicted octanol–water partition coefficient (Wildman–Crippen LogP) is 2.54. The zero-order chi connectivity index (χ0) is 12.7. The number of carbonyl (C=O) groups is 1. The van der Waals surface area contributed by atoms with E-state index in [1.165, 1.54) is 0 Å². The monoisotopic (exact) mass is 235 g/mol. The summed E-state index contributed by atoms with van der Waals surface area (Å²) in [6.07, 6.45) is 0. The van der Waals surface area contributed by atoms with E-state index in [-0.39, 0.29) is 24.5 Å². The molecule has 0 bridgehead atoms. The van der Waals surface area contributed by atoms with Crippen LogP contribution in [0.25, 0.3) is 0 Å². The van der Waals surface area contributed by atoms with Gasteiger partial charge in [0.15, 0.2) is 0 Å². The largest absolute Gasteiger partial charge is 0.362 e. The zero-order valence-electron chi connectivity index (χ0n) is 10.8. The fourth-order valence-electron chi connectivity index (χ4n) is 1.83. The Morgan fingerprint density at radius 2 is 1.94 bits per heavy atom. The molecule has 1 aromatic rings. The highest BCUT2D eigenvalue weighted by Crippen LogP contribution is 2.24. The number of nitrogens with one attached hydrogen (secondary N) is 1. The quantitative estimate of drug-likeness (QED) is 0.608. The summed E-state index contributed by atoms with van der Waals surface area (Å²) in [4.78, 5) is 12.1. The standard InChI is InChI=1S/C14H21NO2/c1-4-17-10-15-14(16)13(11(2)3)12-8-6-5-7-9-12/h5-9,11,13H,4,10H2,1-3H3,(H,15,16)/t13-/m0/s1. The van der Waals surface area contributed by atoms with Crippen LogP contribution >= 0.6 is 0 Å². The van der Waals surface area contributed by atoms with E-state index in [1.54, 1.807) is 0 Å². The lowest BCUT2D eigenvalue weighted by molar-refractivity contribution is -0.125. The van der Waals surface area contributed by atoms with E-state index in [0.29, 0.717) is 6.61 Å². The molecule has 0 radical (unpaired) electrons. The highest BCUT2D eigenvalue weighted by Gasteiger charge is 2.23. The summed E-state index contributed by atoms with van der Waals surface area (Å²) in [5, 5.41) is 2.80. The first-order valence-corrected chi connectivity index (χ1v) is 6.07. The molecule has 94 valence electrons. The van der Waals surface area contributed by atoms with Crippen molar-refractivity contribution in [1.29, 1.82) is 0 Å². The lowest BCUT2D eigenvalue weighted by atomic mass is 9.88. The zero-order valence-corrected chi connectivity index (χ0v) is 10.8. The van der Waals surface area contributed by atoms with Crippen LogP contribution in [0.2, 0.25) is 0 Å². The van der Waals surface area contributed by atoms with Crippen LogP contribution in [-0.4, -0.2) is 19.2 Å². The lowest BCUT2D eigenvalue weighted by Crippen LogP contribution is -2.33. The van der Waals surface area contributed by atoms with Gasteiger partial charge in [-0.25, -0.2) is 0 Å². The van der Waals surface area contributed by atoms with Crippen molar-refractivity contribution in [3.05, 3.63) is 35.9 Å². The van der Waals surface area contributed by atoms with E-state index in [0.717, 1.165) is 5.56 Å². The van der Waals surface area contributed by atoms with Crippen molar-refractivity contribution in [2.45, 2.75) is 26.7 Å². The molecular formula is C14H21NO2. The average Bonchev–Trinajstić information content (AvgIpc) is 2.30. The topological polar surface area (TPSA) is 38.3 Å². The maximum absolute atomic E-state index is 12.1. The van der Waals surface area contributed by atoms with Gasteiger partial charge in [-0.1, -0.05) is 44.2 Å². The van der Waals surface area contributed by atoms with E-state index in [9.17, 15) is 4.79 Å². The van der Waals surface area contributed by atoms with Gasteiger partial charge >= 0.3 is 0 Å². The van der Waals surface area contributed by atoms with Gasteiger partial charge in [0, 0.05) is 6.61 Å². The van der Waals surface area contributed by atoms with E-state index in [2.05, 4.69) is 19.2 Å². The average molecular weight is 235 g/mol. The van der Waals surface area contributed by atoms with Crippen LogP contribution in [0, 0.1) is 5.92 Å². The van der Waals surface area contributed by atoms with Crippen LogP contribution in [0.3, 0.4) is 0 Å². The molecule has 1 atom stereocenters. The third-order valence-electron chi connectivity index (χ3n) is 2.66. The molecule has 0 aliphatic heterocycles. The molecule has 0 fully saturated rings. The van der Waals surface area contributed by atoms with Gasteiger partial charge in [-0.3, -0.25) is 4.79 Å². The van der Waals surface area contributed by atoms with Crippen LogP contribution in [0.15, 0.2) is 30.3 Å². The highest BCUT2D eigenvalue weighted by molar-refractivity contribution is 5.83. The second kappa shape index (κ2) is 7.07. The van der Waals surface area contributed by atoms with Crippen molar-refractivity contribution < 1.29 is 9.53 Å². The summed E-state index contributed by atoms with van der Waals surface area (Å²) >= 11 is 0. The minimum absolute atomic E-state index is 0.0275. The van der Waals surface area contributed by atoms with E-state index >= 15 is 0 Å². The molecule has 1 aromatic carbocycles. The van der Waals surface area contributed by atoms with Crippen molar-refractivity contribution in [3.63, 3.8) is 0 Å². The number of rotatable bonds is 6. The van der Waals surface area contributed by atoms with Crippen LogP contribution in [0.4, 0.5) is 0 Å². The molecule has 3 heteroatoms. The Morgan fingerprint density at radius 1 is 1.29 bits per heavy atom. The molecule has 0 saturated carbocycles. The number of benzene rings is 1. The molecule has 1 N–H and O–H groups in total. The molecule has 17 heavy (non-hydrogen) atoms. The van der Waals surface area contributed by atoms with E-state index in [4.69, 9.17) is 4.74 Å². The maximum atomic E-state index is 12.1. The Hall–Kier alpha value is -1.35. The number of hydrogen-bond donors (Lipinski definition) is 1. The smallest absolute Gasteiger partial charge is 0.229 e. The van der Waals surface area contributed by atoms with Gasteiger partial charge in [0.05, 0.1) is 5.92 Å². The van der Waals surface area contributed by atoms with E-state index in [1.807, 2.05) is 37.3 Å². The molecule has 1 amide bonds. The second-order valence-corrected chi connectivity index (χ2v) is 4.31. The first-order valence-electron chi connectivity index (χ1n) is 6.07. The van der Waals surface area contributed by atoms with Crippen LogP contribution in [0.1, 0.15) is 32.3 Å². The van der Waals surface area contributed by atoms with Gasteiger partial charge < -0.3 is 10.1 Å². The molecule has 0 saturated heterocycles. The molecule has 0 aromatic heterocycles. The Bertz CT molecular complexity index is 335. The van der Waals surface area contributed by atoms with Crippen molar-refractivity contribution in [1.82, 2.24) is 5.32 Å². The molecule has 0 spiro atoms. The Balaban J connectivity index is 2.70. The summed E-state index contributed by atoms with van der Waals surface area (Å²) in [5.74, 6) is 0.176. The Kier molecular flexibility index (Phi) is 5.70. The van der Waals surface area contributed by atoms with Crippen molar-refractivity contribution >= 4 is 5.91 Å². The summed E-state index contributed by atoms with van der Waals surface area (Å²) in [7, 11) is 0. The van der Waals surface area contributed by atoms with E-state index < -0.39 is 0 Å². The van der Waals surface area contributed by atoms with Crippen molar-refractivity contribution in [2.24, 2.45) is 5.92 Å². The van der Waals surface area contributed by atoms with Gasteiger partial charge in [0.25, 0.3) is 0 Å². The van der Waals surface area contributed by atoms with Crippen LogP contribution < -0.4 is 5.32 Å². The number of hydrogen-bond acceptors (Lipinski definition) is 2. The molecule has 0 aliphatic rings. The highest BCUT2D eigenvalue weighted by atomic mass is 16.5. The molecular weight excluding hydrogens is 214 g/mol. The first kappa shape index (κ1) is 13.7. The number of ether oxygens (including phenoxy) is 1. The van der Waals surface area contributed by atoms with Gasteiger partial charge in [-0.05, 0) is 18.4 Å². The van der Waals surface area contributed by atoms with Crippen molar-refractivity contribution in [2.75, 3.05) is 13.3 Å². The van der Waals surface area contributed by atoms with Gasteiger partial charge in [-0.15, -0.1) is 0 Å². The fourth-order valence-corrected chi connectivity index (χ4v) is 1.83. The number of amides is 1. The summed E-state index contributed by atoms with van der Waals surface area (Å²) in [5.41, 5.74) is 1.05. The molecule has 0 unspecified atom stereocenters. The summed E-state index contributed by atoms with van der Waals surface area (Å²) in [6, 6.07) is 9.86. The number of carbonyl (C=O) groups excluding carboxylic acids is 1. The SMILES string of the molecule is CCOCNC(=O)[C@H](c1ccccc1)C(C)C. The minimum Gasteiger partial charge on any atom is -0.362 e. The van der Waals surface area contributed by atoms with Crippen LogP contribution in [-0.2, 0) is 9.53 Å². The molecule has 0 aliphatic carbocycles. The normalized spacial score (nSPS) is 12.5. The van der Waals surface area contributed by atoms with Crippen molar-refractivity contribution in [3.8, 4) is 0 Å². The second-order valence-electron chi connectivity index (χ2n) is 4.31. The molecule has 1 rings (SSSR count). The first-order chi connectivity index (χ1) is 8.16. The van der Waals surface area contributed by atoms with Crippen LogP contribution in [0.5, 0.6) is 0 Å². The van der Waals surface area contributed by atoms with Gasteiger partial charge in [0.2, 0.25) is 5.91 Å². The third kappa shape index (κ3) is 4.19. The minimum atomic E-state index is -0.114. The Morgan fingerprint density at radius 3 is 2.47 bits per heavy atom. The Labute approximate surface area is 103 Å². The molecule has 3 nitrogen and oxygen atoms in total. The molecule has 0 heterocycles. The lowest BCUT2D eigenvalue weighted by Gasteiger charge is -2.20. The summed E-state index contributed by atoms with van der Waals surface area (Å²) in [6.45, 7) is 6.91. The van der Waals surface area contributed by atoms with Gasteiger partial charge in [0.1, 0.15) is 6.73 Å². The fraction of sp³-hybridized carbons (Fsp3) is 0.500. The summed E-state index contributed by atoms with van der Waals surface area (Å²) < 4.78 is 5.14. The maximum Gasteiger partial charge on any atom is 0.229 e. The third-order valence-corrected chi connectivity index (χ3v) is 2.66. The van der Waals surface area contributed by atoms with Gasteiger partial charge in [-0.2, -0.15) is 0 Å². The predicted molar refractivity (Wildman–Crippen MR) is 68.7 cm³/mol.